The van der Waals surface area contributed by atoms with E-state index in [1.165, 1.54) is 6.07 Å². The van der Waals surface area contributed by atoms with Crippen molar-refractivity contribution in [2.24, 2.45) is 0 Å². The van der Waals surface area contributed by atoms with Crippen molar-refractivity contribution >= 4 is 11.7 Å². The number of carbonyl (C=O) groups is 1. The minimum Gasteiger partial charge on any atom is -0.497 e. The van der Waals surface area contributed by atoms with Crippen LogP contribution in [0.3, 0.4) is 0 Å². The lowest BCUT2D eigenvalue weighted by atomic mass is 10.0. The Morgan fingerprint density at radius 1 is 1.29 bits per heavy atom. The third-order valence-electron chi connectivity index (χ3n) is 3.94. The maximum absolute atomic E-state index is 13.5. The van der Waals surface area contributed by atoms with Crippen LogP contribution in [0.2, 0.25) is 0 Å². The molecule has 24 heavy (non-hydrogen) atoms. The molecular formula is C18H19FN2O3. The molecule has 0 fully saturated rings. The fraction of sp³-hybridized carbons (Fsp3) is 0.278. The van der Waals surface area contributed by atoms with Crippen LogP contribution < -0.4 is 20.1 Å². The summed E-state index contributed by atoms with van der Waals surface area (Å²) in [6.07, 6.45) is 0.641. The van der Waals surface area contributed by atoms with Crippen LogP contribution in [0.15, 0.2) is 36.4 Å². The third kappa shape index (κ3) is 3.59. The van der Waals surface area contributed by atoms with E-state index >= 15 is 0 Å². The number of fused-ring (bicyclic) bond motifs is 1. The van der Waals surface area contributed by atoms with Crippen molar-refractivity contribution in [2.75, 3.05) is 19.0 Å². The van der Waals surface area contributed by atoms with E-state index in [-0.39, 0.29) is 11.9 Å². The van der Waals surface area contributed by atoms with Gasteiger partial charge < -0.3 is 20.1 Å². The van der Waals surface area contributed by atoms with Gasteiger partial charge in [-0.3, -0.25) is 0 Å². The summed E-state index contributed by atoms with van der Waals surface area (Å²) in [5.74, 6) is 1.20. The first-order valence-corrected chi connectivity index (χ1v) is 7.68. The molecule has 0 saturated carbocycles. The number of hydrogen-bond acceptors (Lipinski definition) is 3. The van der Waals surface area contributed by atoms with Gasteiger partial charge in [0.15, 0.2) is 0 Å². The number of benzene rings is 2. The van der Waals surface area contributed by atoms with Crippen LogP contribution in [-0.2, 0) is 6.42 Å². The highest BCUT2D eigenvalue weighted by Crippen LogP contribution is 2.28. The zero-order valence-corrected chi connectivity index (χ0v) is 13.6. The van der Waals surface area contributed by atoms with Crippen molar-refractivity contribution in [1.82, 2.24) is 5.32 Å². The zero-order valence-electron chi connectivity index (χ0n) is 13.6. The summed E-state index contributed by atoms with van der Waals surface area (Å²) in [6, 6.07) is 9.62. The Morgan fingerprint density at radius 3 is 2.88 bits per heavy atom. The molecular weight excluding hydrogens is 311 g/mol. The smallest absolute Gasteiger partial charge is 0.319 e. The number of hydrogen-bond donors (Lipinski definition) is 2. The molecule has 0 aliphatic carbocycles. The predicted molar refractivity (Wildman–Crippen MR) is 89.3 cm³/mol. The number of urea groups is 1. The molecule has 1 aliphatic rings. The van der Waals surface area contributed by atoms with Crippen molar-refractivity contribution in [3.05, 3.63) is 53.3 Å². The molecule has 1 heterocycles. The van der Waals surface area contributed by atoms with Crippen molar-refractivity contribution in [3.8, 4) is 11.5 Å². The minimum atomic E-state index is -0.391. The van der Waals surface area contributed by atoms with E-state index in [0.29, 0.717) is 24.3 Å². The van der Waals surface area contributed by atoms with Gasteiger partial charge >= 0.3 is 6.03 Å². The normalized spacial score (nSPS) is 15.9. The molecule has 126 valence electrons. The van der Waals surface area contributed by atoms with Crippen LogP contribution in [0, 0.1) is 12.7 Å². The molecule has 2 N–H and O–H groups in total. The van der Waals surface area contributed by atoms with Gasteiger partial charge in [-0.05, 0) is 54.8 Å². The Labute approximate surface area is 139 Å². The number of aryl methyl sites for hydroxylation is 1. The van der Waals surface area contributed by atoms with E-state index in [1.807, 2.05) is 18.2 Å². The van der Waals surface area contributed by atoms with Crippen LogP contribution in [0.1, 0.15) is 11.1 Å². The molecule has 2 amide bonds. The molecule has 1 atom stereocenters. The predicted octanol–water partition coefficient (Wildman–Crippen LogP) is 3.27. The molecule has 0 aromatic heterocycles. The van der Waals surface area contributed by atoms with Gasteiger partial charge in [0.25, 0.3) is 0 Å². The third-order valence-corrected chi connectivity index (χ3v) is 3.94. The standard InChI is InChI=1S/C18H19FN2O3/c1-11-3-4-13(9-16(11)19)20-18(22)21-14-7-12-8-15(23-2)5-6-17(12)24-10-14/h3-6,8-9,14H,7,10H2,1-2H3,(H2,20,21,22)/t14-/m1/s1. The van der Waals surface area contributed by atoms with Crippen molar-refractivity contribution in [2.45, 2.75) is 19.4 Å². The van der Waals surface area contributed by atoms with Crippen LogP contribution in [0.5, 0.6) is 11.5 Å². The number of anilines is 1. The second kappa shape index (κ2) is 6.78. The summed E-state index contributed by atoms with van der Waals surface area (Å²) in [6.45, 7) is 2.05. The second-order valence-corrected chi connectivity index (χ2v) is 5.75. The van der Waals surface area contributed by atoms with Gasteiger partial charge in [0.05, 0.1) is 13.2 Å². The number of nitrogens with one attached hydrogen (secondary N) is 2. The Morgan fingerprint density at radius 2 is 2.12 bits per heavy atom. The largest absolute Gasteiger partial charge is 0.497 e. The highest BCUT2D eigenvalue weighted by Gasteiger charge is 2.22. The number of halogens is 1. The first-order valence-electron chi connectivity index (χ1n) is 7.68. The van der Waals surface area contributed by atoms with Crippen LogP contribution in [0.25, 0.3) is 0 Å². The zero-order chi connectivity index (χ0) is 17.1. The highest BCUT2D eigenvalue weighted by atomic mass is 19.1. The summed E-state index contributed by atoms with van der Waals surface area (Å²) < 4.78 is 24.4. The van der Waals surface area contributed by atoms with E-state index in [9.17, 15) is 9.18 Å². The van der Waals surface area contributed by atoms with E-state index in [0.717, 1.165) is 17.1 Å². The summed E-state index contributed by atoms with van der Waals surface area (Å²) in [5, 5.41) is 5.47. The quantitative estimate of drug-likeness (QED) is 0.908. The molecule has 5 nitrogen and oxygen atoms in total. The van der Waals surface area contributed by atoms with Crippen LogP contribution >= 0.6 is 0 Å². The van der Waals surface area contributed by atoms with Gasteiger partial charge in [0.1, 0.15) is 23.9 Å². The first kappa shape index (κ1) is 16.1. The topological polar surface area (TPSA) is 59.6 Å². The van der Waals surface area contributed by atoms with Gasteiger partial charge in [0.2, 0.25) is 0 Å². The molecule has 0 saturated heterocycles. The number of ether oxygens (including phenoxy) is 2. The lowest BCUT2D eigenvalue weighted by Gasteiger charge is -2.26. The summed E-state index contributed by atoms with van der Waals surface area (Å²) in [7, 11) is 1.61. The Balaban J connectivity index is 1.61. The van der Waals surface area contributed by atoms with Crippen molar-refractivity contribution in [3.63, 3.8) is 0 Å². The number of amides is 2. The SMILES string of the molecule is COc1ccc2c(c1)C[C@@H](NC(=O)Nc1ccc(C)c(F)c1)CO2. The average molecular weight is 330 g/mol. The van der Waals surface area contributed by atoms with Crippen molar-refractivity contribution in [1.29, 1.82) is 0 Å². The molecule has 2 aromatic carbocycles. The lowest BCUT2D eigenvalue weighted by Crippen LogP contribution is -2.44. The van der Waals surface area contributed by atoms with Gasteiger partial charge in [-0.1, -0.05) is 6.07 Å². The molecule has 3 rings (SSSR count). The van der Waals surface area contributed by atoms with Crippen LogP contribution in [0.4, 0.5) is 14.9 Å². The maximum Gasteiger partial charge on any atom is 0.319 e. The molecule has 0 radical (unpaired) electrons. The maximum atomic E-state index is 13.5. The number of rotatable bonds is 3. The Kier molecular flexibility index (Phi) is 4.55. The highest BCUT2D eigenvalue weighted by molar-refractivity contribution is 5.89. The van der Waals surface area contributed by atoms with Crippen molar-refractivity contribution < 1.29 is 18.7 Å². The van der Waals surface area contributed by atoms with Gasteiger partial charge in [-0.2, -0.15) is 0 Å². The van der Waals surface area contributed by atoms with E-state index in [2.05, 4.69) is 10.6 Å². The fourth-order valence-electron chi connectivity index (χ4n) is 2.61. The minimum absolute atomic E-state index is 0.167. The van der Waals surface area contributed by atoms with Gasteiger partial charge in [-0.15, -0.1) is 0 Å². The lowest BCUT2D eigenvalue weighted by molar-refractivity contribution is 0.222. The summed E-state index contributed by atoms with van der Waals surface area (Å²) in [4.78, 5) is 12.1. The Bertz CT molecular complexity index is 764. The summed E-state index contributed by atoms with van der Waals surface area (Å²) >= 11 is 0. The van der Waals surface area contributed by atoms with Gasteiger partial charge in [-0.25, -0.2) is 9.18 Å². The first-order chi connectivity index (χ1) is 11.5. The fourth-order valence-corrected chi connectivity index (χ4v) is 2.61. The molecule has 1 aliphatic heterocycles. The Hall–Kier alpha value is -2.76. The molecule has 6 heteroatoms. The molecule has 2 aromatic rings. The molecule has 0 spiro atoms. The van der Waals surface area contributed by atoms with E-state index in [4.69, 9.17) is 9.47 Å². The van der Waals surface area contributed by atoms with E-state index in [1.54, 1.807) is 26.2 Å². The second-order valence-electron chi connectivity index (χ2n) is 5.75. The number of carbonyl (C=O) groups excluding carboxylic acids is 1. The monoisotopic (exact) mass is 330 g/mol. The summed E-state index contributed by atoms with van der Waals surface area (Å²) in [5.41, 5.74) is 1.92. The number of methoxy groups -OCH3 is 1. The molecule has 0 unspecified atom stereocenters. The van der Waals surface area contributed by atoms with Gasteiger partial charge in [0, 0.05) is 5.69 Å². The van der Waals surface area contributed by atoms with Crippen LogP contribution in [-0.4, -0.2) is 25.8 Å². The average Bonchev–Trinajstić information content (AvgIpc) is 2.57. The molecule has 0 bridgehead atoms. The van der Waals surface area contributed by atoms with E-state index < -0.39 is 6.03 Å².